The van der Waals surface area contributed by atoms with Gasteiger partial charge in [0.05, 0.1) is 5.69 Å². The van der Waals surface area contributed by atoms with Gasteiger partial charge in [-0.3, -0.25) is 0 Å². The summed E-state index contributed by atoms with van der Waals surface area (Å²) < 4.78 is 5.47. The third-order valence-corrected chi connectivity index (χ3v) is 2.90. The maximum Gasteiger partial charge on any atom is 0.256 e. The van der Waals surface area contributed by atoms with Crippen LogP contribution in [0.25, 0.3) is 0 Å². The molecule has 0 radical (unpaired) electrons. The predicted octanol–water partition coefficient (Wildman–Crippen LogP) is 2.63. The Bertz CT molecular complexity index is 277. The molecule has 0 unspecified atom stereocenters. The Morgan fingerprint density at radius 3 is 2.67 bits per heavy atom. The van der Waals surface area contributed by atoms with E-state index in [1.807, 2.05) is 13.8 Å². The summed E-state index contributed by atoms with van der Waals surface area (Å²) in [5, 5.41) is 4.17. The summed E-state index contributed by atoms with van der Waals surface area (Å²) in [6.45, 7) is 10.4. The highest BCUT2D eigenvalue weighted by Crippen LogP contribution is 2.19. The molecule has 1 aromatic heterocycles. The van der Waals surface area contributed by atoms with Crippen molar-refractivity contribution in [2.75, 3.05) is 18.8 Å². The van der Waals surface area contributed by atoms with Gasteiger partial charge in [0.1, 0.15) is 5.76 Å². The van der Waals surface area contributed by atoms with Crippen molar-refractivity contribution in [2.45, 2.75) is 32.9 Å². The molecule has 0 amide bonds. The second-order valence-electron chi connectivity index (χ2n) is 4.07. The standard InChI is InChI=1S/C11H20N2OS/c1-8(2)7-12-5-6-15-11-13-9(3)10(4)14-11/h8,12H,5-7H2,1-4H3. The normalized spacial score (nSPS) is 11.3. The predicted molar refractivity (Wildman–Crippen MR) is 64.4 cm³/mol. The van der Waals surface area contributed by atoms with Crippen LogP contribution >= 0.6 is 11.8 Å². The van der Waals surface area contributed by atoms with Crippen LogP contribution in [0.15, 0.2) is 9.64 Å². The summed E-state index contributed by atoms with van der Waals surface area (Å²) in [6.07, 6.45) is 0. The SMILES string of the molecule is Cc1nc(SCCNCC(C)C)oc1C. The van der Waals surface area contributed by atoms with Crippen LogP contribution in [0, 0.1) is 19.8 Å². The summed E-state index contributed by atoms with van der Waals surface area (Å²) in [5.74, 6) is 2.64. The summed E-state index contributed by atoms with van der Waals surface area (Å²) in [5.41, 5.74) is 0.993. The molecule has 1 N–H and O–H groups in total. The van der Waals surface area contributed by atoms with Crippen molar-refractivity contribution in [3.05, 3.63) is 11.5 Å². The van der Waals surface area contributed by atoms with E-state index in [1.165, 1.54) is 0 Å². The van der Waals surface area contributed by atoms with Gasteiger partial charge in [-0.25, -0.2) is 4.98 Å². The molecule has 0 spiro atoms. The minimum absolute atomic E-state index is 0.709. The van der Waals surface area contributed by atoms with E-state index in [4.69, 9.17) is 4.42 Å². The van der Waals surface area contributed by atoms with Crippen LogP contribution in [-0.4, -0.2) is 23.8 Å². The highest BCUT2D eigenvalue weighted by atomic mass is 32.2. The van der Waals surface area contributed by atoms with Gasteiger partial charge in [-0.1, -0.05) is 25.6 Å². The van der Waals surface area contributed by atoms with Crippen LogP contribution in [0.1, 0.15) is 25.3 Å². The Morgan fingerprint density at radius 2 is 2.13 bits per heavy atom. The molecule has 86 valence electrons. The molecule has 0 aliphatic heterocycles. The first kappa shape index (κ1) is 12.6. The average Bonchev–Trinajstić information content (AvgIpc) is 2.45. The zero-order valence-electron chi connectivity index (χ0n) is 9.96. The molecule has 1 heterocycles. The maximum atomic E-state index is 5.47. The van der Waals surface area contributed by atoms with E-state index in [1.54, 1.807) is 11.8 Å². The van der Waals surface area contributed by atoms with Crippen LogP contribution in [0.2, 0.25) is 0 Å². The van der Waals surface area contributed by atoms with E-state index >= 15 is 0 Å². The topological polar surface area (TPSA) is 38.1 Å². The molecule has 3 nitrogen and oxygen atoms in total. The summed E-state index contributed by atoms with van der Waals surface area (Å²) in [6, 6.07) is 0. The number of aryl methyl sites for hydroxylation is 2. The zero-order chi connectivity index (χ0) is 11.3. The Balaban J connectivity index is 2.15. The third-order valence-electron chi connectivity index (χ3n) is 2.07. The molecule has 0 bridgehead atoms. The largest absolute Gasteiger partial charge is 0.437 e. The van der Waals surface area contributed by atoms with Crippen molar-refractivity contribution >= 4 is 11.8 Å². The van der Waals surface area contributed by atoms with Gasteiger partial charge in [-0.05, 0) is 26.3 Å². The van der Waals surface area contributed by atoms with Gasteiger partial charge in [-0.2, -0.15) is 0 Å². The van der Waals surface area contributed by atoms with Crippen molar-refractivity contribution in [1.29, 1.82) is 0 Å². The lowest BCUT2D eigenvalue weighted by Gasteiger charge is -2.05. The lowest BCUT2D eigenvalue weighted by Crippen LogP contribution is -2.22. The molecular formula is C11H20N2OS. The lowest BCUT2D eigenvalue weighted by molar-refractivity contribution is 0.431. The first-order valence-corrected chi connectivity index (χ1v) is 6.35. The molecule has 4 heteroatoms. The monoisotopic (exact) mass is 228 g/mol. The number of thioether (sulfide) groups is 1. The summed E-state index contributed by atoms with van der Waals surface area (Å²) in [4.78, 5) is 4.31. The third kappa shape index (κ3) is 4.71. The van der Waals surface area contributed by atoms with Gasteiger partial charge in [0, 0.05) is 12.3 Å². The maximum absolute atomic E-state index is 5.47. The van der Waals surface area contributed by atoms with Gasteiger partial charge in [0.15, 0.2) is 0 Å². The van der Waals surface area contributed by atoms with Crippen LogP contribution in [0.5, 0.6) is 0 Å². The fraction of sp³-hybridized carbons (Fsp3) is 0.727. The Labute approximate surface area is 96.0 Å². The van der Waals surface area contributed by atoms with Crippen LogP contribution in [0.4, 0.5) is 0 Å². The number of hydrogen-bond donors (Lipinski definition) is 1. The van der Waals surface area contributed by atoms with E-state index < -0.39 is 0 Å². The average molecular weight is 228 g/mol. The molecule has 0 aromatic carbocycles. The molecule has 1 aromatic rings. The molecule has 15 heavy (non-hydrogen) atoms. The van der Waals surface area contributed by atoms with Gasteiger partial charge in [-0.15, -0.1) is 0 Å². The van der Waals surface area contributed by atoms with E-state index in [9.17, 15) is 0 Å². The molecule has 0 fully saturated rings. The highest BCUT2D eigenvalue weighted by molar-refractivity contribution is 7.99. The Morgan fingerprint density at radius 1 is 1.40 bits per heavy atom. The smallest absolute Gasteiger partial charge is 0.256 e. The number of rotatable bonds is 6. The van der Waals surface area contributed by atoms with Crippen LogP contribution in [0.3, 0.4) is 0 Å². The van der Waals surface area contributed by atoms with E-state index in [2.05, 4.69) is 24.1 Å². The number of aromatic nitrogens is 1. The quantitative estimate of drug-likeness (QED) is 0.600. The lowest BCUT2D eigenvalue weighted by atomic mass is 10.2. The highest BCUT2D eigenvalue weighted by Gasteiger charge is 2.05. The van der Waals surface area contributed by atoms with Gasteiger partial charge in [0.25, 0.3) is 5.22 Å². The van der Waals surface area contributed by atoms with Gasteiger partial charge < -0.3 is 9.73 Å². The molecule has 0 saturated carbocycles. The minimum atomic E-state index is 0.709. The summed E-state index contributed by atoms with van der Waals surface area (Å²) >= 11 is 1.67. The Kier molecular flexibility index (Phi) is 5.19. The summed E-state index contributed by atoms with van der Waals surface area (Å²) in [7, 11) is 0. The molecule has 0 aliphatic carbocycles. The second-order valence-corrected chi connectivity index (χ2v) is 5.11. The van der Waals surface area contributed by atoms with Crippen LogP contribution in [-0.2, 0) is 0 Å². The van der Waals surface area contributed by atoms with E-state index in [0.29, 0.717) is 5.92 Å². The fourth-order valence-electron chi connectivity index (χ4n) is 1.11. The van der Waals surface area contributed by atoms with Crippen LogP contribution < -0.4 is 5.32 Å². The minimum Gasteiger partial charge on any atom is -0.437 e. The Hall–Kier alpha value is -0.480. The number of nitrogens with one attached hydrogen (secondary N) is 1. The molecule has 0 aliphatic rings. The van der Waals surface area contributed by atoms with Crippen molar-refractivity contribution in [2.24, 2.45) is 5.92 Å². The zero-order valence-corrected chi connectivity index (χ0v) is 10.8. The molecule has 1 rings (SSSR count). The molecular weight excluding hydrogens is 208 g/mol. The number of nitrogens with zero attached hydrogens (tertiary/aromatic N) is 1. The first-order valence-electron chi connectivity index (χ1n) is 5.37. The number of oxazole rings is 1. The van der Waals surface area contributed by atoms with Gasteiger partial charge in [0.2, 0.25) is 0 Å². The molecule has 0 saturated heterocycles. The fourth-order valence-corrected chi connectivity index (χ4v) is 1.91. The van der Waals surface area contributed by atoms with E-state index in [-0.39, 0.29) is 0 Å². The van der Waals surface area contributed by atoms with E-state index in [0.717, 1.165) is 35.5 Å². The number of hydrogen-bond acceptors (Lipinski definition) is 4. The van der Waals surface area contributed by atoms with Crippen molar-refractivity contribution in [1.82, 2.24) is 10.3 Å². The first-order chi connectivity index (χ1) is 7.09. The van der Waals surface area contributed by atoms with Crippen molar-refractivity contribution < 1.29 is 4.42 Å². The second kappa shape index (κ2) is 6.18. The van der Waals surface area contributed by atoms with Crippen molar-refractivity contribution in [3.63, 3.8) is 0 Å². The molecule has 0 atom stereocenters. The van der Waals surface area contributed by atoms with Gasteiger partial charge >= 0.3 is 0 Å². The van der Waals surface area contributed by atoms with Crippen molar-refractivity contribution in [3.8, 4) is 0 Å².